The van der Waals surface area contributed by atoms with E-state index in [9.17, 15) is 14.4 Å². The van der Waals surface area contributed by atoms with Gasteiger partial charge >= 0.3 is 17.9 Å². The topological polar surface area (TPSA) is 91.3 Å². The van der Waals surface area contributed by atoms with E-state index in [0.717, 1.165) is 0 Å². The van der Waals surface area contributed by atoms with Crippen molar-refractivity contribution in [1.82, 2.24) is 0 Å². The van der Waals surface area contributed by atoms with Crippen LogP contribution in [0.4, 0.5) is 0 Å². The van der Waals surface area contributed by atoms with Crippen LogP contribution in [0, 0.1) is 0 Å². The first-order valence-electron chi connectivity index (χ1n) is 6.82. The zero-order valence-electron chi connectivity index (χ0n) is 12.7. The number of hydrogen-bond acceptors (Lipinski definition) is 7. The molecule has 7 heteroatoms. The molecule has 120 valence electrons. The van der Waals surface area contributed by atoms with Crippen LogP contribution in [-0.4, -0.2) is 37.0 Å². The second-order valence-corrected chi connectivity index (χ2v) is 4.69. The largest absolute Gasteiger partial charge is 0.461 e. The van der Waals surface area contributed by atoms with E-state index in [1.165, 1.54) is 13.8 Å². The molecular formula is C16H15NO6. The second-order valence-electron chi connectivity index (χ2n) is 4.69. The average molecular weight is 317 g/mol. The molecule has 1 aromatic carbocycles. The van der Waals surface area contributed by atoms with Crippen molar-refractivity contribution in [1.29, 1.82) is 0 Å². The first-order chi connectivity index (χ1) is 11.0. The van der Waals surface area contributed by atoms with E-state index >= 15 is 0 Å². The van der Waals surface area contributed by atoms with Gasteiger partial charge in [0.05, 0.1) is 0 Å². The first kappa shape index (κ1) is 16.4. The molecule has 1 aliphatic heterocycles. The standard InChI is InChI=1S/C16H15NO6/c1-10(18)21-8-13(9-22-11(2)19)14-16(20)23-15(17-14)12-6-4-3-5-7-12/h3-7H,8-9H2,1-2H3. The second kappa shape index (κ2) is 7.35. The van der Waals surface area contributed by atoms with Gasteiger partial charge in [0, 0.05) is 25.0 Å². The smallest absolute Gasteiger partial charge is 0.364 e. The number of nitrogens with zero attached hydrogens (tertiary/aromatic N) is 1. The number of hydrogen-bond donors (Lipinski definition) is 0. The number of carbonyl (C=O) groups is 3. The average Bonchev–Trinajstić information content (AvgIpc) is 2.90. The van der Waals surface area contributed by atoms with E-state index in [1.807, 2.05) is 6.07 Å². The lowest BCUT2D eigenvalue weighted by Gasteiger charge is -2.08. The van der Waals surface area contributed by atoms with E-state index in [1.54, 1.807) is 24.3 Å². The molecule has 0 amide bonds. The molecule has 2 rings (SSSR count). The third-order valence-corrected chi connectivity index (χ3v) is 2.85. The molecular weight excluding hydrogens is 302 g/mol. The minimum absolute atomic E-state index is 0.0219. The van der Waals surface area contributed by atoms with Crippen molar-refractivity contribution in [3.8, 4) is 0 Å². The van der Waals surface area contributed by atoms with Gasteiger partial charge in [-0.1, -0.05) is 18.2 Å². The predicted octanol–water partition coefficient (Wildman–Crippen LogP) is 1.37. The van der Waals surface area contributed by atoms with Gasteiger partial charge in [-0.05, 0) is 12.1 Å². The van der Waals surface area contributed by atoms with Crippen molar-refractivity contribution in [3.05, 3.63) is 47.2 Å². The molecule has 0 bridgehead atoms. The van der Waals surface area contributed by atoms with Gasteiger partial charge in [0.1, 0.15) is 13.2 Å². The zero-order chi connectivity index (χ0) is 16.8. The summed E-state index contributed by atoms with van der Waals surface area (Å²) in [6, 6.07) is 8.88. The number of cyclic esters (lactones) is 1. The normalized spacial score (nSPS) is 13.2. The van der Waals surface area contributed by atoms with Gasteiger partial charge < -0.3 is 14.2 Å². The monoisotopic (exact) mass is 317 g/mol. The van der Waals surface area contributed by atoms with Crippen LogP contribution in [-0.2, 0) is 28.6 Å². The number of ether oxygens (including phenoxy) is 3. The molecule has 7 nitrogen and oxygen atoms in total. The molecule has 0 aromatic heterocycles. The Morgan fingerprint density at radius 3 is 2.13 bits per heavy atom. The van der Waals surface area contributed by atoms with Crippen molar-refractivity contribution >= 4 is 23.8 Å². The van der Waals surface area contributed by atoms with Crippen LogP contribution < -0.4 is 0 Å². The minimum Gasteiger partial charge on any atom is -0.461 e. The molecule has 0 spiro atoms. The summed E-state index contributed by atoms with van der Waals surface area (Å²) >= 11 is 0. The van der Waals surface area contributed by atoms with E-state index in [0.29, 0.717) is 5.56 Å². The quantitative estimate of drug-likeness (QED) is 0.463. The zero-order valence-corrected chi connectivity index (χ0v) is 12.7. The van der Waals surface area contributed by atoms with Crippen molar-refractivity contribution in [2.45, 2.75) is 13.8 Å². The van der Waals surface area contributed by atoms with Gasteiger partial charge in [0.15, 0.2) is 5.70 Å². The van der Waals surface area contributed by atoms with E-state index in [2.05, 4.69) is 4.99 Å². The summed E-state index contributed by atoms with van der Waals surface area (Å²) < 4.78 is 14.9. The number of carbonyl (C=O) groups excluding carboxylic acids is 3. The minimum atomic E-state index is -0.682. The summed E-state index contributed by atoms with van der Waals surface area (Å²) in [5.74, 6) is -1.58. The highest BCUT2D eigenvalue weighted by atomic mass is 16.6. The van der Waals surface area contributed by atoms with Gasteiger partial charge in [-0.25, -0.2) is 9.79 Å². The molecule has 0 atom stereocenters. The lowest BCUT2D eigenvalue weighted by molar-refractivity contribution is -0.141. The van der Waals surface area contributed by atoms with Crippen molar-refractivity contribution < 1.29 is 28.6 Å². The van der Waals surface area contributed by atoms with Crippen molar-refractivity contribution in [2.24, 2.45) is 4.99 Å². The van der Waals surface area contributed by atoms with Crippen LogP contribution >= 0.6 is 0 Å². The van der Waals surface area contributed by atoms with E-state index < -0.39 is 17.9 Å². The van der Waals surface area contributed by atoms with Crippen LogP contribution in [0.5, 0.6) is 0 Å². The Morgan fingerprint density at radius 2 is 1.61 bits per heavy atom. The maximum Gasteiger partial charge on any atom is 0.364 e. The molecule has 0 saturated carbocycles. The predicted molar refractivity (Wildman–Crippen MR) is 79.4 cm³/mol. The highest BCUT2D eigenvalue weighted by Gasteiger charge is 2.28. The molecule has 0 aliphatic carbocycles. The van der Waals surface area contributed by atoms with Gasteiger partial charge in [-0.3, -0.25) is 9.59 Å². The Balaban J connectivity index is 2.30. The fourth-order valence-electron chi connectivity index (χ4n) is 1.79. The van der Waals surface area contributed by atoms with E-state index in [4.69, 9.17) is 14.2 Å². The fraction of sp³-hybridized carbons (Fsp3) is 0.250. The molecule has 0 saturated heterocycles. The van der Waals surface area contributed by atoms with Crippen LogP contribution in [0.1, 0.15) is 19.4 Å². The summed E-state index contributed by atoms with van der Waals surface area (Å²) in [6.45, 7) is 2.05. The fourth-order valence-corrected chi connectivity index (χ4v) is 1.79. The molecule has 0 unspecified atom stereocenters. The lowest BCUT2D eigenvalue weighted by Crippen LogP contribution is -2.14. The Labute approximate surface area is 132 Å². The van der Waals surface area contributed by atoms with E-state index in [-0.39, 0.29) is 30.4 Å². The van der Waals surface area contributed by atoms with Gasteiger partial charge in [0.25, 0.3) is 0 Å². The highest BCUT2D eigenvalue weighted by Crippen LogP contribution is 2.20. The maximum absolute atomic E-state index is 12.0. The number of benzene rings is 1. The highest BCUT2D eigenvalue weighted by molar-refractivity contribution is 6.11. The molecule has 23 heavy (non-hydrogen) atoms. The Bertz CT molecular complexity index is 670. The van der Waals surface area contributed by atoms with Crippen LogP contribution in [0.15, 0.2) is 46.6 Å². The Kier molecular flexibility index (Phi) is 5.24. The van der Waals surface area contributed by atoms with Gasteiger partial charge in [0.2, 0.25) is 5.90 Å². The van der Waals surface area contributed by atoms with Crippen LogP contribution in [0.25, 0.3) is 0 Å². The van der Waals surface area contributed by atoms with Gasteiger partial charge in [-0.2, -0.15) is 0 Å². The maximum atomic E-state index is 12.0. The summed E-state index contributed by atoms with van der Waals surface area (Å²) in [4.78, 5) is 38.1. The number of aliphatic imine (C=N–C) groups is 1. The third kappa shape index (κ3) is 4.50. The summed E-state index contributed by atoms with van der Waals surface area (Å²) in [6.07, 6.45) is 0. The third-order valence-electron chi connectivity index (χ3n) is 2.85. The molecule has 0 radical (unpaired) electrons. The number of rotatable bonds is 5. The lowest BCUT2D eigenvalue weighted by atomic mass is 10.2. The number of esters is 3. The van der Waals surface area contributed by atoms with Crippen molar-refractivity contribution in [2.75, 3.05) is 13.2 Å². The SMILES string of the molecule is CC(=O)OCC(COC(C)=O)=C1N=C(c2ccccc2)OC1=O. The summed E-state index contributed by atoms with van der Waals surface area (Å²) in [5, 5.41) is 0. The molecule has 0 N–H and O–H groups in total. The summed E-state index contributed by atoms with van der Waals surface area (Å²) in [7, 11) is 0. The van der Waals surface area contributed by atoms with Gasteiger partial charge in [-0.15, -0.1) is 0 Å². The first-order valence-corrected chi connectivity index (χ1v) is 6.82. The summed E-state index contributed by atoms with van der Waals surface area (Å²) in [5.41, 5.74) is 0.868. The van der Waals surface area contributed by atoms with Crippen molar-refractivity contribution in [3.63, 3.8) is 0 Å². The van der Waals surface area contributed by atoms with Crippen LogP contribution in [0.2, 0.25) is 0 Å². The molecule has 1 heterocycles. The molecule has 1 aromatic rings. The Hall–Kier alpha value is -2.96. The molecule has 1 aliphatic rings. The Morgan fingerprint density at radius 1 is 1.04 bits per heavy atom. The molecule has 0 fully saturated rings. The van der Waals surface area contributed by atoms with Crippen LogP contribution in [0.3, 0.4) is 0 Å².